The second kappa shape index (κ2) is 18.0. The summed E-state index contributed by atoms with van der Waals surface area (Å²) in [6, 6.07) is 7.79. The van der Waals surface area contributed by atoms with Gasteiger partial charge in [-0.2, -0.15) is 15.8 Å². The van der Waals surface area contributed by atoms with Crippen LogP contribution in [0.15, 0.2) is 0 Å². The number of fused-ring (bicyclic) bond motifs is 11. The van der Waals surface area contributed by atoms with Gasteiger partial charge in [-0.05, 0) is 197 Å². The molecule has 0 saturated heterocycles. The third kappa shape index (κ3) is 8.77. The third-order valence-electron chi connectivity index (χ3n) is 19.1. The Morgan fingerprint density at radius 3 is 1.91 bits per heavy atom. The lowest BCUT2D eigenvalue weighted by Crippen LogP contribution is -2.49. The van der Waals surface area contributed by atoms with E-state index >= 15 is 0 Å². The minimum Gasteiger partial charge on any atom is -0.393 e. The van der Waals surface area contributed by atoms with Crippen LogP contribution in [0.25, 0.3) is 4.85 Å². The number of rotatable bonds is 1. The first-order valence-electron chi connectivity index (χ1n) is 24.2. The molecule has 308 valence electrons. The molecule has 12 saturated carbocycles. The van der Waals surface area contributed by atoms with Crippen LogP contribution in [-0.4, -0.2) is 17.3 Å². The molecular formula is C51H78N4O. The summed E-state index contributed by atoms with van der Waals surface area (Å²) in [6.45, 7) is 18.5. The van der Waals surface area contributed by atoms with Crippen molar-refractivity contribution < 1.29 is 5.11 Å². The van der Waals surface area contributed by atoms with Crippen LogP contribution in [0, 0.1) is 153 Å². The summed E-state index contributed by atoms with van der Waals surface area (Å²) in [4.78, 5) is 3.53. The molecule has 1 N–H and O–H groups in total. The number of aliphatic hydroxyl groups excluding tert-OH is 1. The molecule has 0 aromatic heterocycles. The van der Waals surface area contributed by atoms with E-state index in [0.29, 0.717) is 23.8 Å². The molecule has 10 bridgehead atoms. The molecule has 0 spiro atoms. The second-order valence-electron chi connectivity index (χ2n) is 22.5. The molecule has 16 unspecified atom stereocenters. The lowest BCUT2D eigenvalue weighted by Gasteiger charge is -2.57. The molecule has 56 heavy (non-hydrogen) atoms. The van der Waals surface area contributed by atoms with Gasteiger partial charge in [-0.25, -0.2) is 6.57 Å². The van der Waals surface area contributed by atoms with Crippen LogP contribution in [0.4, 0.5) is 0 Å². The van der Waals surface area contributed by atoms with Gasteiger partial charge in [0.25, 0.3) is 0 Å². The lowest BCUT2D eigenvalue weighted by atomic mass is 9.47. The Kier molecular flexibility index (Phi) is 13.6. The Morgan fingerprint density at radius 2 is 1.32 bits per heavy atom. The van der Waals surface area contributed by atoms with Crippen LogP contribution >= 0.6 is 0 Å². The van der Waals surface area contributed by atoms with E-state index in [4.69, 9.17) is 17.1 Å². The Labute approximate surface area is 343 Å². The van der Waals surface area contributed by atoms with Gasteiger partial charge in [0.15, 0.2) is 0 Å². The fourth-order valence-corrected chi connectivity index (χ4v) is 16.3. The molecule has 0 radical (unpaired) electrons. The van der Waals surface area contributed by atoms with Crippen LogP contribution in [-0.2, 0) is 0 Å². The molecule has 12 rings (SSSR count). The largest absolute Gasteiger partial charge is 0.393 e. The van der Waals surface area contributed by atoms with Gasteiger partial charge < -0.3 is 9.95 Å². The van der Waals surface area contributed by atoms with Crippen molar-refractivity contribution in [2.24, 2.45) is 112 Å². The summed E-state index contributed by atoms with van der Waals surface area (Å²) < 4.78 is 0. The molecular weight excluding hydrogens is 685 g/mol. The second-order valence-corrected chi connectivity index (χ2v) is 22.5. The maximum atomic E-state index is 9.98. The fourth-order valence-electron chi connectivity index (χ4n) is 16.3. The van der Waals surface area contributed by atoms with Crippen molar-refractivity contribution in [3.05, 3.63) is 11.4 Å². The minimum atomic E-state index is 0.0767. The predicted octanol–water partition coefficient (Wildman–Crippen LogP) is 12.7. The van der Waals surface area contributed by atoms with Crippen LogP contribution in [0.3, 0.4) is 0 Å². The van der Waals surface area contributed by atoms with E-state index in [1.165, 1.54) is 103 Å². The lowest BCUT2D eigenvalue weighted by molar-refractivity contribution is -0.0611. The van der Waals surface area contributed by atoms with Gasteiger partial charge in [0.05, 0.1) is 29.7 Å². The molecule has 0 aromatic rings. The summed E-state index contributed by atoms with van der Waals surface area (Å²) in [6.07, 6.45) is 27.1. The van der Waals surface area contributed by atoms with Gasteiger partial charge in [-0.15, -0.1) is 0 Å². The highest BCUT2D eigenvalue weighted by Gasteiger charge is 2.63. The van der Waals surface area contributed by atoms with E-state index in [2.05, 4.69) is 57.7 Å². The van der Waals surface area contributed by atoms with Gasteiger partial charge in [0.1, 0.15) is 0 Å². The van der Waals surface area contributed by atoms with Gasteiger partial charge >= 0.3 is 0 Å². The van der Waals surface area contributed by atoms with Crippen LogP contribution < -0.4 is 0 Å². The van der Waals surface area contributed by atoms with E-state index in [0.717, 1.165) is 121 Å². The van der Waals surface area contributed by atoms with Gasteiger partial charge in [0.2, 0.25) is 6.04 Å². The third-order valence-corrected chi connectivity index (χ3v) is 19.1. The zero-order valence-electron chi connectivity index (χ0n) is 36.1. The number of hydrogen-bond acceptors (Lipinski definition) is 4. The first kappa shape index (κ1) is 42.1. The van der Waals surface area contributed by atoms with Crippen molar-refractivity contribution in [3.8, 4) is 18.2 Å². The zero-order valence-corrected chi connectivity index (χ0v) is 36.1. The summed E-state index contributed by atoms with van der Waals surface area (Å²) in [5.74, 6) is 15.3. The van der Waals surface area contributed by atoms with Crippen molar-refractivity contribution in [1.82, 2.24) is 0 Å². The SMILES string of the molecule is CC1C2CC3CC1CC(C#N)(C3)C2.CC1CC2CC(C#N)C1C2.CC1CC2CC1C1C3CC(CC3O)C21.CCC1CCCC(C#N)C1.[C-]#[N+]C1CCC(C)CC1. The van der Waals surface area contributed by atoms with Crippen molar-refractivity contribution in [2.75, 3.05) is 0 Å². The predicted molar refractivity (Wildman–Crippen MR) is 224 cm³/mol. The maximum absolute atomic E-state index is 9.98. The first-order chi connectivity index (χ1) is 27.0. The molecule has 12 fully saturated rings. The monoisotopic (exact) mass is 763 g/mol. The molecule has 16 atom stereocenters. The van der Waals surface area contributed by atoms with E-state index < -0.39 is 0 Å². The average molecular weight is 763 g/mol. The van der Waals surface area contributed by atoms with Crippen LogP contribution in [0.2, 0.25) is 0 Å². The van der Waals surface area contributed by atoms with Gasteiger partial charge in [-0.1, -0.05) is 53.9 Å². The highest BCUT2D eigenvalue weighted by molar-refractivity contribution is 5.13. The first-order valence-corrected chi connectivity index (χ1v) is 24.2. The minimum absolute atomic E-state index is 0.0767. The van der Waals surface area contributed by atoms with Crippen molar-refractivity contribution in [2.45, 2.75) is 182 Å². The number of hydrogen-bond donors (Lipinski definition) is 1. The summed E-state index contributed by atoms with van der Waals surface area (Å²) in [5, 5.41) is 36.7. The number of nitrogens with zero attached hydrogens (tertiary/aromatic N) is 4. The Morgan fingerprint density at radius 1 is 0.643 bits per heavy atom. The Balaban J connectivity index is 0.000000109. The van der Waals surface area contributed by atoms with Crippen molar-refractivity contribution >= 4 is 0 Å². The van der Waals surface area contributed by atoms with E-state index in [1.807, 2.05) is 0 Å². The molecule has 0 aliphatic heterocycles. The summed E-state index contributed by atoms with van der Waals surface area (Å²) in [5.41, 5.74) is 0.128. The molecule has 0 amide bonds. The standard InChI is InChI=1S/C13H20O.C12H17N.C9H13N.C9H15N.C8H13N/c1-6-2-7-3-9(6)13-10-4-8(12(7)13)5-11(10)14;1-8-10-2-9-3-11(8)6-12(4-9,5-10)7-13;1-6-2-7-3-8(5-10)9(6)4-7;1-2-8-4-3-5-9(6-8)7-10;1-7-3-5-8(9-2)6-4-7/h6-14H,2-5H2,1H3;8-11H,2-6H2,1H3;6-9H,2-4H2,1H3;8-9H,2-6H2,1H3;7-8H,3-6H2,1H3. The Hall–Kier alpha value is -2.08. The van der Waals surface area contributed by atoms with Gasteiger partial charge in [0, 0.05) is 24.7 Å². The van der Waals surface area contributed by atoms with E-state index in [1.54, 1.807) is 0 Å². The summed E-state index contributed by atoms with van der Waals surface area (Å²) >= 11 is 0. The maximum Gasteiger partial charge on any atom is 0.223 e. The molecule has 0 aromatic carbocycles. The normalized spacial score (nSPS) is 51.5. The molecule has 5 nitrogen and oxygen atoms in total. The Bertz CT molecular complexity index is 1450. The molecule has 5 heteroatoms. The van der Waals surface area contributed by atoms with E-state index in [-0.39, 0.29) is 11.5 Å². The van der Waals surface area contributed by atoms with E-state index in [9.17, 15) is 10.4 Å². The smallest absolute Gasteiger partial charge is 0.223 e. The molecule has 0 heterocycles. The van der Waals surface area contributed by atoms with Crippen LogP contribution in [0.1, 0.15) is 169 Å². The van der Waals surface area contributed by atoms with Crippen LogP contribution in [0.5, 0.6) is 0 Å². The van der Waals surface area contributed by atoms with Gasteiger partial charge in [-0.3, -0.25) is 0 Å². The van der Waals surface area contributed by atoms with Crippen molar-refractivity contribution in [1.29, 1.82) is 15.8 Å². The fraction of sp³-hybridized carbons (Fsp3) is 0.922. The topological polar surface area (TPSA) is 96.0 Å². The quantitative estimate of drug-likeness (QED) is 0.212. The van der Waals surface area contributed by atoms with Crippen molar-refractivity contribution in [3.63, 3.8) is 0 Å². The highest BCUT2D eigenvalue weighted by atomic mass is 16.3. The highest BCUT2D eigenvalue weighted by Crippen LogP contribution is 2.68. The molecule has 12 aliphatic rings. The average Bonchev–Trinajstić information content (AvgIpc) is 4.08. The number of aliphatic hydroxyl groups is 1. The molecule has 12 aliphatic carbocycles. The zero-order chi connectivity index (χ0) is 39.7. The number of nitriles is 3. The summed E-state index contributed by atoms with van der Waals surface area (Å²) in [7, 11) is 0.